The third-order valence-electron chi connectivity index (χ3n) is 3.16. The number of imidazole rings is 1. The molecule has 22 heavy (non-hydrogen) atoms. The fourth-order valence-electron chi connectivity index (χ4n) is 2.09. The molecule has 0 fully saturated rings. The van der Waals surface area contributed by atoms with E-state index in [-0.39, 0.29) is 0 Å². The zero-order chi connectivity index (χ0) is 15.4. The number of carbonyl (C=O) groups excluding carboxylic acids is 1. The largest absolute Gasteiger partial charge is 0.417 e. The van der Waals surface area contributed by atoms with Gasteiger partial charge in [0.25, 0.3) is 0 Å². The van der Waals surface area contributed by atoms with Crippen molar-refractivity contribution in [2.24, 2.45) is 7.05 Å². The first-order valence-corrected chi connectivity index (χ1v) is 6.84. The van der Waals surface area contributed by atoms with Gasteiger partial charge in [0.2, 0.25) is 0 Å². The number of para-hydroxylation sites is 1. The molecule has 2 aromatic carbocycles. The third-order valence-corrected chi connectivity index (χ3v) is 3.16. The minimum Gasteiger partial charge on any atom is -0.410 e. The van der Waals surface area contributed by atoms with E-state index in [9.17, 15) is 4.79 Å². The first-order valence-electron chi connectivity index (χ1n) is 6.84. The average molecular weight is 293 g/mol. The summed E-state index contributed by atoms with van der Waals surface area (Å²) in [5.41, 5.74) is 1.65. The molecule has 5 nitrogen and oxygen atoms in total. The second-order valence-electron chi connectivity index (χ2n) is 4.77. The topological polar surface area (TPSA) is 56.2 Å². The van der Waals surface area contributed by atoms with Crippen molar-refractivity contribution in [3.8, 4) is 17.1 Å². The Morgan fingerprint density at radius 3 is 2.45 bits per heavy atom. The number of aromatic nitrogens is 2. The van der Waals surface area contributed by atoms with Gasteiger partial charge in [-0.3, -0.25) is 5.32 Å². The number of rotatable bonds is 3. The van der Waals surface area contributed by atoms with E-state index >= 15 is 0 Å². The SMILES string of the molecule is Cn1ccnc1-c1ccc(NC(=O)Oc2ccccc2)cc1. The number of ether oxygens (including phenoxy) is 1. The molecule has 0 saturated heterocycles. The molecule has 0 aliphatic heterocycles. The molecule has 110 valence electrons. The number of benzene rings is 2. The zero-order valence-electron chi connectivity index (χ0n) is 12.1. The molecule has 1 amide bonds. The summed E-state index contributed by atoms with van der Waals surface area (Å²) in [6.45, 7) is 0. The van der Waals surface area contributed by atoms with Gasteiger partial charge in [0.1, 0.15) is 11.6 Å². The van der Waals surface area contributed by atoms with Crippen LogP contribution in [0, 0.1) is 0 Å². The summed E-state index contributed by atoms with van der Waals surface area (Å²) in [4.78, 5) is 16.1. The Kier molecular flexibility index (Phi) is 3.87. The molecule has 3 rings (SSSR count). The molecule has 0 saturated carbocycles. The van der Waals surface area contributed by atoms with Crippen molar-refractivity contribution in [2.75, 3.05) is 5.32 Å². The number of nitrogens with zero attached hydrogens (tertiary/aromatic N) is 2. The van der Waals surface area contributed by atoms with Gasteiger partial charge in [-0.15, -0.1) is 0 Å². The number of carbonyl (C=O) groups is 1. The van der Waals surface area contributed by atoms with Crippen LogP contribution in [0.1, 0.15) is 0 Å². The lowest BCUT2D eigenvalue weighted by Gasteiger charge is -2.07. The van der Waals surface area contributed by atoms with Gasteiger partial charge in [0.15, 0.2) is 0 Å². The first-order chi connectivity index (χ1) is 10.7. The normalized spacial score (nSPS) is 10.2. The highest BCUT2D eigenvalue weighted by atomic mass is 16.6. The number of nitrogens with one attached hydrogen (secondary N) is 1. The maximum Gasteiger partial charge on any atom is 0.417 e. The monoisotopic (exact) mass is 293 g/mol. The van der Waals surface area contributed by atoms with Crippen molar-refractivity contribution in [3.63, 3.8) is 0 Å². The number of aryl methyl sites for hydroxylation is 1. The van der Waals surface area contributed by atoms with Crippen molar-refractivity contribution in [1.82, 2.24) is 9.55 Å². The van der Waals surface area contributed by atoms with Crippen LogP contribution in [0.4, 0.5) is 10.5 Å². The predicted molar refractivity (Wildman–Crippen MR) is 84.7 cm³/mol. The van der Waals surface area contributed by atoms with E-state index in [2.05, 4.69) is 10.3 Å². The van der Waals surface area contributed by atoms with Crippen LogP contribution in [0.25, 0.3) is 11.4 Å². The molecule has 0 atom stereocenters. The summed E-state index contributed by atoms with van der Waals surface area (Å²) in [7, 11) is 1.94. The number of anilines is 1. The first kappa shape index (κ1) is 13.9. The molecule has 0 unspecified atom stereocenters. The summed E-state index contributed by atoms with van der Waals surface area (Å²) in [6, 6.07) is 16.4. The minimum atomic E-state index is -0.518. The van der Waals surface area contributed by atoms with Crippen LogP contribution in [-0.2, 0) is 7.05 Å². The lowest BCUT2D eigenvalue weighted by molar-refractivity contribution is 0.215. The van der Waals surface area contributed by atoms with Gasteiger partial charge >= 0.3 is 6.09 Å². The minimum absolute atomic E-state index is 0.504. The molecule has 1 aromatic heterocycles. The molecule has 5 heteroatoms. The van der Waals surface area contributed by atoms with Crippen molar-refractivity contribution in [2.45, 2.75) is 0 Å². The van der Waals surface area contributed by atoms with Crippen LogP contribution >= 0.6 is 0 Å². The molecule has 0 radical (unpaired) electrons. The quantitative estimate of drug-likeness (QED) is 0.801. The van der Waals surface area contributed by atoms with Crippen LogP contribution in [0.2, 0.25) is 0 Å². The molecule has 1 N–H and O–H groups in total. The molecule has 1 heterocycles. The lowest BCUT2D eigenvalue weighted by Crippen LogP contribution is -2.16. The van der Waals surface area contributed by atoms with Gasteiger partial charge in [-0.25, -0.2) is 9.78 Å². The van der Waals surface area contributed by atoms with Gasteiger partial charge in [-0.2, -0.15) is 0 Å². The second-order valence-corrected chi connectivity index (χ2v) is 4.77. The van der Waals surface area contributed by atoms with E-state index in [1.807, 2.05) is 60.3 Å². The standard InChI is InChI=1S/C17H15N3O2/c1-20-12-11-18-16(20)13-7-9-14(10-8-13)19-17(21)22-15-5-3-2-4-6-15/h2-12H,1H3,(H,19,21). The van der Waals surface area contributed by atoms with Gasteiger partial charge in [0.05, 0.1) is 0 Å². The van der Waals surface area contributed by atoms with Crippen LogP contribution < -0.4 is 10.1 Å². The Morgan fingerprint density at radius 1 is 1.09 bits per heavy atom. The highest BCUT2D eigenvalue weighted by Crippen LogP contribution is 2.19. The molecule has 0 aliphatic rings. The Hall–Kier alpha value is -3.08. The summed E-state index contributed by atoms with van der Waals surface area (Å²) in [5.74, 6) is 1.38. The fraction of sp³-hybridized carbons (Fsp3) is 0.0588. The maximum atomic E-state index is 11.8. The predicted octanol–water partition coefficient (Wildman–Crippen LogP) is 3.70. The zero-order valence-corrected chi connectivity index (χ0v) is 12.1. The molecule has 0 spiro atoms. The summed E-state index contributed by atoms with van der Waals surface area (Å²) in [5, 5.41) is 2.69. The highest BCUT2D eigenvalue weighted by Gasteiger charge is 2.06. The molecular formula is C17H15N3O2. The van der Waals surface area contributed by atoms with Crippen LogP contribution in [0.15, 0.2) is 67.0 Å². The lowest BCUT2D eigenvalue weighted by atomic mass is 10.2. The Bertz CT molecular complexity index is 764. The second kappa shape index (κ2) is 6.13. The van der Waals surface area contributed by atoms with Crippen LogP contribution in [0.5, 0.6) is 5.75 Å². The summed E-state index contributed by atoms with van der Waals surface area (Å²) < 4.78 is 7.11. The van der Waals surface area contributed by atoms with Gasteiger partial charge < -0.3 is 9.30 Å². The third kappa shape index (κ3) is 3.15. The Balaban J connectivity index is 1.66. The summed E-state index contributed by atoms with van der Waals surface area (Å²) in [6.07, 6.45) is 3.12. The van der Waals surface area contributed by atoms with E-state index in [1.165, 1.54) is 0 Å². The highest BCUT2D eigenvalue weighted by molar-refractivity contribution is 5.86. The van der Waals surface area contributed by atoms with Crippen molar-refractivity contribution < 1.29 is 9.53 Å². The van der Waals surface area contributed by atoms with E-state index < -0.39 is 6.09 Å². The fourth-order valence-corrected chi connectivity index (χ4v) is 2.09. The van der Waals surface area contributed by atoms with Crippen molar-refractivity contribution >= 4 is 11.8 Å². The van der Waals surface area contributed by atoms with E-state index in [0.29, 0.717) is 11.4 Å². The summed E-state index contributed by atoms with van der Waals surface area (Å²) >= 11 is 0. The van der Waals surface area contributed by atoms with Crippen LogP contribution in [0.3, 0.4) is 0 Å². The Morgan fingerprint density at radius 2 is 1.82 bits per heavy atom. The smallest absolute Gasteiger partial charge is 0.410 e. The van der Waals surface area contributed by atoms with E-state index in [4.69, 9.17) is 4.74 Å². The maximum absolute atomic E-state index is 11.8. The van der Waals surface area contributed by atoms with Gasteiger partial charge in [0, 0.05) is 30.7 Å². The molecular weight excluding hydrogens is 278 g/mol. The molecule has 0 aliphatic carbocycles. The average Bonchev–Trinajstić information content (AvgIpc) is 2.95. The van der Waals surface area contributed by atoms with E-state index in [1.54, 1.807) is 18.3 Å². The van der Waals surface area contributed by atoms with Crippen LogP contribution in [-0.4, -0.2) is 15.6 Å². The van der Waals surface area contributed by atoms with Crippen molar-refractivity contribution in [3.05, 3.63) is 67.0 Å². The van der Waals surface area contributed by atoms with Gasteiger partial charge in [-0.1, -0.05) is 18.2 Å². The molecule has 3 aromatic rings. The van der Waals surface area contributed by atoms with Gasteiger partial charge in [-0.05, 0) is 36.4 Å². The van der Waals surface area contributed by atoms with E-state index in [0.717, 1.165) is 11.4 Å². The molecule has 0 bridgehead atoms. The number of hydrogen-bond donors (Lipinski definition) is 1. The number of amides is 1. The Labute approximate surface area is 128 Å². The number of hydrogen-bond acceptors (Lipinski definition) is 3. The van der Waals surface area contributed by atoms with Crippen molar-refractivity contribution in [1.29, 1.82) is 0 Å².